The molecule has 2 aromatic rings. The summed E-state index contributed by atoms with van der Waals surface area (Å²) in [4.78, 5) is 28.1. The van der Waals surface area contributed by atoms with Crippen LogP contribution in [0.4, 0.5) is 10.1 Å². The zero-order valence-electron chi connectivity index (χ0n) is 21.1. The monoisotopic (exact) mass is 541 g/mol. The third-order valence-corrected chi connectivity index (χ3v) is 7.20. The van der Waals surface area contributed by atoms with Crippen LogP contribution < -0.4 is 14.4 Å². The highest BCUT2D eigenvalue weighted by atomic mass is 35.5. The van der Waals surface area contributed by atoms with Crippen LogP contribution in [-0.4, -0.2) is 57.1 Å². The molecule has 0 fully saturated rings. The van der Waals surface area contributed by atoms with Gasteiger partial charge in [0.05, 0.1) is 24.1 Å². The van der Waals surface area contributed by atoms with Crippen molar-refractivity contribution in [2.24, 2.45) is 0 Å². The number of hydrogen-bond donors (Lipinski definition) is 1. The molecule has 11 heteroatoms. The Kier molecular flexibility index (Phi) is 10.5. The van der Waals surface area contributed by atoms with Crippen molar-refractivity contribution in [2.75, 3.05) is 24.2 Å². The molecule has 1 N–H and O–H groups in total. The highest BCUT2D eigenvalue weighted by molar-refractivity contribution is 7.92. The van der Waals surface area contributed by atoms with Crippen molar-refractivity contribution in [1.82, 2.24) is 10.2 Å². The van der Waals surface area contributed by atoms with Crippen molar-refractivity contribution in [1.29, 1.82) is 0 Å². The van der Waals surface area contributed by atoms with Gasteiger partial charge >= 0.3 is 0 Å². The summed E-state index contributed by atoms with van der Waals surface area (Å²) in [6.45, 7) is 5.05. The molecule has 0 unspecified atom stereocenters. The zero-order valence-corrected chi connectivity index (χ0v) is 22.7. The summed E-state index contributed by atoms with van der Waals surface area (Å²) in [6, 6.07) is 9.49. The number of carbonyl (C=O) groups is 2. The van der Waals surface area contributed by atoms with Crippen LogP contribution >= 0.6 is 11.6 Å². The molecular formula is C25H33ClFN3O5S. The number of rotatable bonds is 12. The van der Waals surface area contributed by atoms with Gasteiger partial charge in [0.2, 0.25) is 21.8 Å². The van der Waals surface area contributed by atoms with Gasteiger partial charge in [-0.1, -0.05) is 37.6 Å². The molecule has 0 saturated carbocycles. The molecule has 2 amide bonds. The Morgan fingerprint density at radius 3 is 2.25 bits per heavy atom. The molecule has 0 aliphatic rings. The summed E-state index contributed by atoms with van der Waals surface area (Å²) in [6.07, 6.45) is 1.96. The van der Waals surface area contributed by atoms with Crippen molar-refractivity contribution in [3.63, 3.8) is 0 Å². The first kappa shape index (κ1) is 29.4. The second-order valence-corrected chi connectivity index (χ2v) is 10.8. The largest absolute Gasteiger partial charge is 0.497 e. The summed E-state index contributed by atoms with van der Waals surface area (Å²) in [5, 5.41) is 2.63. The minimum absolute atomic E-state index is 0.0405. The molecule has 0 saturated heterocycles. The van der Waals surface area contributed by atoms with Gasteiger partial charge in [0.1, 0.15) is 24.2 Å². The Morgan fingerprint density at radius 1 is 1.11 bits per heavy atom. The van der Waals surface area contributed by atoms with E-state index in [4.69, 9.17) is 16.3 Å². The molecule has 0 heterocycles. The molecule has 2 rings (SSSR count). The number of anilines is 1. The van der Waals surface area contributed by atoms with E-state index in [2.05, 4.69) is 5.32 Å². The molecule has 0 spiro atoms. The number of halogens is 2. The topological polar surface area (TPSA) is 96.0 Å². The van der Waals surface area contributed by atoms with Gasteiger partial charge in [-0.3, -0.25) is 13.9 Å². The van der Waals surface area contributed by atoms with Crippen LogP contribution in [0.3, 0.4) is 0 Å². The first-order valence-electron chi connectivity index (χ1n) is 11.6. The fourth-order valence-electron chi connectivity index (χ4n) is 3.54. The summed E-state index contributed by atoms with van der Waals surface area (Å²) >= 11 is 5.86. The van der Waals surface area contributed by atoms with Gasteiger partial charge < -0.3 is 15.0 Å². The highest BCUT2D eigenvalue weighted by Gasteiger charge is 2.32. The average Bonchev–Trinajstić information content (AvgIpc) is 2.83. The Balaban J connectivity index is 2.45. The summed E-state index contributed by atoms with van der Waals surface area (Å²) in [5.74, 6) is -1.00. The van der Waals surface area contributed by atoms with Crippen LogP contribution in [0.15, 0.2) is 42.5 Å². The van der Waals surface area contributed by atoms with E-state index < -0.39 is 34.3 Å². The number of hydrogen-bond acceptors (Lipinski definition) is 5. The van der Waals surface area contributed by atoms with Crippen molar-refractivity contribution in [3.05, 3.63) is 58.9 Å². The summed E-state index contributed by atoms with van der Waals surface area (Å²) < 4.78 is 44.9. The maximum atomic E-state index is 13.7. The molecular weight excluding hydrogens is 509 g/mol. The van der Waals surface area contributed by atoms with Gasteiger partial charge in [-0.15, -0.1) is 0 Å². The maximum absolute atomic E-state index is 13.7. The lowest BCUT2D eigenvalue weighted by Gasteiger charge is -2.33. The highest BCUT2D eigenvalue weighted by Crippen LogP contribution is 2.25. The Bertz CT molecular complexity index is 1160. The fourth-order valence-corrected chi connectivity index (χ4v) is 4.56. The first-order chi connectivity index (χ1) is 16.9. The van der Waals surface area contributed by atoms with E-state index in [0.717, 1.165) is 28.3 Å². The zero-order chi connectivity index (χ0) is 27.0. The van der Waals surface area contributed by atoms with Crippen molar-refractivity contribution < 1.29 is 27.1 Å². The van der Waals surface area contributed by atoms with Crippen LogP contribution in [0.25, 0.3) is 0 Å². The van der Waals surface area contributed by atoms with Crippen molar-refractivity contribution in [2.45, 2.75) is 52.2 Å². The van der Waals surface area contributed by atoms with Crippen molar-refractivity contribution in [3.8, 4) is 5.75 Å². The normalized spacial score (nSPS) is 13.0. The Morgan fingerprint density at radius 2 is 1.75 bits per heavy atom. The minimum atomic E-state index is -3.95. The lowest BCUT2D eigenvalue weighted by Crippen LogP contribution is -2.53. The van der Waals surface area contributed by atoms with Crippen LogP contribution in [0.5, 0.6) is 5.75 Å². The van der Waals surface area contributed by atoms with E-state index in [1.165, 1.54) is 11.0 Å². The predicted octanol–water partition coefficient (Wildman–Crippen LogP) is 3.98. The van der Waals surface area contributed by atoms with Crippen LogP contribution in [-0.2, 0) is 26.2 Å². The molecule has 0 bridgehead atoms. The van der Waals surface area contributed by atoms with Crippen LogP contribution in [0.1, 0.15) is 39.2 Å². The number of sulfonamides is 1. The fraction of sp³-hybridized carbons (Fsp3) is 0.440. The SMILES string of the molecule is CC[C@H](C)NC(=O)[C@H](CC)N(Cc1ccc(OC)cc1)C(=O)CN(c1ccc(F)c(Cl)c1)S(C)(=O)=O. The summed E-state index contributed by atoms with van der Waals surface area (Å²) in [5.41, 5.74) is 0.772. The third-order valence-electron chi connectivity index (χ3n) is 5.77. The number of nitrogens with one attached hydrogen (secondary N) is 1. The van der Waals surface area contributed by atoms with E-state index in [1.807, 2.05) is 13.8 Å². The molecule has 2 atom stereocenters. The van der Waals surface area contributed by atoms with Gasteiger partial charge in [-0.2, -0.15) is 0 Å². The number of amides is 2. The number of nitrogens with zero attached hydrogens (tertiary/aromatic N) is 2. The van der Waals surface area contributed by atoms with E-state index in [-0.39, 0.29) is 29.2 Å². The van der Waals surface area contributed by atoms with E-state index in [0.29, 0.717) is 18.6 Å². The average molecular weight is 542 g/mol. The molecule has 0 aromatic heterocycles. The third kappa shape index (κ3) is 7.83. The number of benzene rings is 2. The molecule has 2 aromatic carbocycles. The lowest BCUT2D eigenvalue weighted by molar-refractivity contribution is -0.140. The minimum Gasteiger partial charge on any atom is -0.497 e. The summed E-state index contributed by atoms with van der Waals surface area (Å²) in [7, 11) is -2.41. The second-order valence-electron chi connectivity index (χ2n) is 8.48. The Labute approximate surface area is 217 Å². The number of methoxy groups -OCH3 is 1. The lowest BCUT2D eigenvalue weighted by atomic mass is 10.1. The molecule has 0 aliphatic heterocycles. The van der Waals surface area contributed by atoms with Crippen molar-refractivity contribution >= 4 is 39.1 Å². The van der Waals surface area contributed by atoms with Gasteiger partial charge in [0.15, 0.2) is 0 Å². The molecule has 36 heavy (non-hydrogen) atoms. The number of ether oxygens (including phenoxy) is 1. The standard InChI is InChI=1S/C25H33ClFN3O5S/c1-6-17(3)28-25(32)23(7-2)29(15-18-8-11-20(35-4)12-9-18)24(31)16-30(36(5,33)34)19-10-13-22(27)21(26)14-19/h8-14,17,23H,6-7,15-16H2,1-5H3,(H,28,32)/t17-,23-/m0/s1. The van der Waals surface area contributed by atoms with Gasteiger partial charge in [0.25, 0.3) is 0 Å². The molecule has 8 nitrogen and oxygen atoms in total. The van der Waals surface area contributed by atoms with E-state index >= 15 is 0 Å². The van der Waals surface area contributed by atoms with Gasteiger partial charge in [-0.05, 0) is 55.7 Å². The second kappa shape index (κ2) is 12.9. The quantitative estimate of drug-likeness (QED) is 0.438. The van der Waals surface area contributed by atoms with Gasteiger partial charge in [0, 0.05) is 12.6 Å². The van der Waals surface area contributed by atoms with E-state index in [9.17, 15) is 22.4 Å². The van der Waals surface area contributed by atoms with Crippen LogP contribution in [0, 0.1) is 5.82 Å². The van der Waals surface area contributed by atoms with Gasteiger partial charge in [-0.25, -0.2) is 12.8 Å². The Hall–Kier alpha value is -2.85. The molecule has 198 valence electrons. The number of carbonyl (C=O) groups excluding carboxylic acids is 2. The van der Waals surface area contributed by atoms with E-state index in [1.54, 1.807) is 38.3 Å². The molecule has 0 radical (unpaired) electrons. The first-order valence-corrected chi connectivity index (χ1v) is 13.8. The smallest absolute Gasteiger partial charge is 0.244 e. The predicted molar refractivity (Wildman–Crippen MR) is 139 cm³/mol. The van der Waals surface area contributed by atoms with Crippen LogP contribution in [0.2, 0.25) is 5.02 Å². The molecule has 0 aliphatic carbocycles. The maximum Gasteiger partial charge on any atom is 0.244 e.